The maximum absolute atomic E-state index is 11.3. The summed E-state index contributed by atoms with van der Waals surface area (Å²) < 4.78 is 4.99. The minimum absolute atomic E-state index is 0.0243. The van der Waals surface area contributed by atoms with E-state index in [0.29, 0.717) is 18.4 Å². The van der Waals surface area contributed by atoms with Crippen LogP contribution in [-0.2, 0) is 9.53 Å². The van der Waals surface area contributed by atoms with Crippen molar-refractivity contribution in [2.45, 2.75) is 13.3 Å². The topological polar surface area (TPSA) is 38.3 Å². The van der Waals surface area contributed by atoms with Gasteiger partial charge in [-0.25, -0.2) is 0 Å². The maximum atomic E-state index is 11.3. The van der Waals surface area contributed by atoms with Crippen molar-refractivity contribution >= 4 is 5.97 Å². The van der Waals surface area contributed by atoms with Crippen LogP contribution >= 0.6 is 0 Å². The minimum Gasteiger partial charge on any atom is -0.466 e. The first-order valence-electron chi connectivity index (χ1n) is 4.72. The van der Waals surface area contributed by atoms with Crippen molar-refractivity contribution in [2.24, 2.45) is 17.8 Å². The molecule has 0 aromatic rings. The molecule has 0 aromatic carbocycles. The Morgan fingerprint density at radius 1 is 1.58 bits per heavy atom. The summed E-state index contributed by atoms with van der Waals surface area (Å²) in [5.41, 5.74) is 0. The van der Waals surface area contributed by atoms with Crippen molar-refractivity contribution in [3.8, 4) is 0 Å². The zero-order valence-corrected chi connectivity index (χ0v) is 7.38. The SMILES string of the molecule is CCOC(=O)[C@@H]1[C@@H]2CCNC[C@@H]21. The Morgan fingerprint density at radius 3 is 3.00 bits per heavy atom. The molecule has 1 saturated heterocycles. The summed E-state index contributed by atoms with van der Waals surface area (Å²) in [6.45, 7) is 4.45. The number of piperidine rings is 1. The van der Waals surface area contributed by atoms with Crippen LogP contribution in [0.15, 0.2) is 0 Å². The van der Waals surface area contributed by atoms with Gasteiger partial charge < -0.3 is 10.1 Å². The Labute approximate surface area is 72.5 Å². The van der Waals surface area contributed by atoms with Crippen molar-refractivity contribution in [3.05, 3.63) is 0 Å². The summed E-state index contributed by atoms with van der Waals surface area (Å²) in [6.07, 6.45) is 1.15. The molecule has 2 aliphatic rings. The van der Waals surface area contributed by atoms with Crippen LogP contribution in [0.5, 0.6) is 0 Å². The molecule has 0 amide bonds. The highest BCUT2D eigenvalue weighted by Crippen LogP contribution is 2.50. The normalized spacial score (nSPS) is 38.6. The summed E-state index contributed by atoms with van der Waals surface area (Å²) in [5.74, 6) is 1.46. The molecule has 3 atom stereocenters. The van der Waals surface area contributed by atoms with E-state index in [1.165, 1.54) is 0 Å². The first-order valence-corrected chi connectivity index (χ1v) is 4.72. The molecule has 1 N–H and O–H groups in total. The van der Waals surface area contributed by atoms with Gasteiger partial charge >= 0.3 is 5.97 Å². The summed E-state index contributed by atoms with van der Waals surface area (Å²) in [4.78, 5) is 11.3. The quantitative estimate of drug-likeness (QED) is 0.608. The van der Waals surface area contributed by atoms with Crippen molar-refractivity contribution in [2.75, 3.05) is 19.7 Å². The largest absolute Gasteiger partial charge is 0.466 e. The van der Waals surface area contributed by atoms with Gasteiger partial charge in [-0.05, 0) is 38.3 Å². The standard InChI is InChI=1S/C9H15NO2/c1-2-12-9(11)8-6-3-4-10-5-7(6)8/h6-8,10H,2-5H2,1H3/t6-,7+,8-/m1/s1. The lowest BCUT2D eigenvalue weighted by Gasteiger charge is -2.07. The predicted molar refractivity (Wildman–Crippen MR) is 44.6 cm³/mol. The van der Waals surface area contributed by atoms with Crippen LogP contribution in [0.25, 0.3) is 0 Å². The van der Waals surface area contributed by atoms with Gasteiger partial charge in [0.2, 0.25) is 0 Å². The van der Waals surface area contributed by atoms with Gasteiger partial charge in [-0.3, -0.25) is 4.79 Å². The van der Waals surface area contributed by atoms with Gasteiger partial charge in [0.05, 0.1) is 12.5 Å². The van der Waals surface area contributed by atoms with Gasteiger partial charge in [-0.1, -0.05) is 0 Å². The van der Waals surface area contributed by atoms with E-state index in [0.717, 1.165) is 19.5 Å². The van der Waals surface area contributed by atoms with Crippen LogP contribution in [0.4, 0.5) is 0 Å². The number of rotatable bonds is 2. The van der Waals surface area contributed by atoms with Crippen LogP contribution in [0.3, 0.4) is 0 Å². The van der Waals surface area contributed by atoms with Gasteiger partial charge in [0.25, 0.3) is 0 Å². The highest BCUT2D eigenvalue weighted by atomic mass is 16.5. The van der Waals surface area contributed by atoms with Crippen molar-refractivity contribution in [1.29, 1.82) is 0 Å². The molecule has 2 fully saturated rings. The lowest BCUT2D eigenvalue weighted by Crippen LogP contribution is -2.23. The molecule has 0 unspecified atom stereocenters. The Kier molecular flexibility index (Phi) is 2.05. The minimum atomic E-state index is 0.0243. The maximum Gasteiger partial charge on any atom is 0.309 e. The molecule has 0 bridgehead atoms. The van der Waals surface area contributed by atoms with Gasteiger partial charge in [-0.15, -0.1) is 0 Å². The number of nitrogens with one attached hydrogen (secondary N) is 1. The molecule has 0 aromatic heterocycles. The summed E-state index contributed by atoms with van der Waals surface area (Å²) in [6, 6.07) is 0. The fourth-order valence-corrected chi connectivity index (χ4v) is 2.24. The third-order valence-corrected chi connectivity index (χ3v) is 2.92. The summed E-state index contributed by atoms with van der Waals surface area (Å²) in [5, 5.41) is 3.30. The van der Waals surface area contributed by atoms with E-state index in [-0.39, 0.29) is 11.9 Å². The van der Waals surface area contributed by atoms with E-state index in [1.54, 1.807) is 0 Å². The molecule has 0 radical (unpaired) electrons. The average Bonchev–Trinajstić information content (AvgIpc) is 2.78. The number of esters is 1. The first-order chi connectivity index (χ1) is 5.84. The smallest absolute Gasteiger partial charge is 0.309 e. The van der Waals surface area contributed by atoms with Gasteiger partial charge in [0.15, 0.2) is 0 Å². The number of carbonyl (C=O) groups is 1. The van der Waals surface area contributed by atoms with Crippen LogP contribution in [0.2, 0.25) is 0 Å². The van der Waals surface area contributed by atoms with E-state index >= 15 is 0 Å². The van der Waals surface area contributed by atoms with Crippen molar-refractivity contribution < 1.29 is 9.53 Å². The molecule has 1 aliphatic heterocycles. The van der Waals surface area contributed by atoms with E-state index in [2.05, 4.69) is 5.32 Å². The van der Waals surface area contributed by atoms with Gasteiger partial charge in [0.1, 0.15) is 0 Å². The highest BCUT2D eigenvalue weighted by Gasteiger charge is 2.55. The molecule has 3 nitrogen and oxygen atoms in total. The van der Waals surface area contributed by atoms with E-state index < -0.39 is 0 Å². The third kappa shape index (κ3) is 1.22. The zero-order valence-electron chi connectivity index (χ0n) is 7.38. The fourth-order valence-electron chi connectivity index (χ4n) is 2.24. The highest BCUT2D eigenvalue weighted by molar-refractivity contribution is 5.76. The van der Waals surface area contributed by atoms with Gasteiger partial charge in [-0.2, -0.15) is 0 Å². The van der Waals surface area contributed by atoms with Crippen LogP contribution in [-0.4, -0.2) is 25.7 Å². The molecule has 68 valence electrons. The van der Waals surface area contributed by atoms with Crippen LogP contribution < -0.4 is 5.32 Å². The Morgan fingerprint density at radius 2 is 2.42 bits per heavy atom. The predicted octanol–water partition coefficient (Wildman–Crippen LogP) is 0.405. The zero-order chi connectivity index (χ0) is 8.55. The van der Waals surface area contributed by atoms with Crippen LogP contribution in [0, 0.1) is 17.8 Å². The van der Waals surface area contributed by atoms with Crippen molar-refractivity contribution in [3.63, 3.8) is 0 Å². The molecular formula is C9H15NO2. The second-order valence-corrected chi connectivity index (χ2v) is 3.60. The summed E-state index contributed by atoms with van der Waals surface area (Å²) in [7, 11) is 0. The van der Waals surface area contributed by atoms with E-state index in [1.807, 2.05) is 6.92 Å². The lowest BCUT2D eigenvalue weighted by molar-refractivity contribution is -0.145. The molecule has 0 spiro atoms. The lowest BCUT2D eigenvalue weighted by atomic mass is 10.2. The van der Waals surface area contributed by atoms with Crippen LogP contribution in [0.1, 0.15) is 13.3 Å². The molecule has 3 heteroatoms. The van der Waals surface area contributed by atoms with E-state index in [4.69, 9.17) is 4.74 Å². The molecule has 1 aliphatic carbocycles. The average molecular weight is 169 g/mol. The van der Waals surface area contributed by atoms with E-state index in [9.17, 15) is 4.79 Å². The summed E-state index contributed by atoms with van der Waals surface area (Å²) >= 11 is 0. The fraction of sp³-hybridized carbons (Fsp3) is 0.889. The Balaban J connectivity index is 1.87. The van der Waals surface area contributed by atoms with Crippen molar-refractivity contribution in [1.82, 2.24) is 5.32 Å². The molecule has 2 rings (SSSR count). The Bertz CT molecular complexity index is 181. The monoisotopic (exact) mass is 169 g/mol. The molecule has 1 saturated carbocycles. The number of fused-ring (bicyclic) bond motifs is 1. The number of ether oxygens (including phenoxy) is 1. The number of hydrogen-bond acceptors (Lipinski definition) is 3. The first kappa shape index (κ1) is 8.05. The molecular weight excluding hydrogens is 154 g/mol. The molecule has 12 heavy (non-hydrogen) atoms. The number of hydrogen-bond donors (Lipinski definition) is 1. The third-order valence-electron chi connectivity index (χ3n) is 2.92. The number of carbonyl (C=O) groups excluding carboxylic acids is 1. The van der Waals surface area contributed by atoms with Gasteiger partial charge in [0, 0.05) is 0 Å². The Hall–Kier alpha value is -0.570. The second-order valence-electron chi connectivity index (χ2n) is 3.60. The molecule has 1 heterocycles. The second kappa shape index (κ2) is 3.05.